The smallest absolute Gasteiger partial charge is 0.410 e. The Kier molecular flexibility index (Phi) is 3.87. The molecule has 1 aliphatic heterocycles. The van der Waals surface area contributed by atoms with E-state index in [9.17, 15) is 14.7 Å². The Labute approximate surface area is 125 Å². The zero-order valence-corrected chi connectivity index (χ0v) is 13.1. The third kappa shape index (κ3) is 3.46. The van der Waals surface area contributed by atoms with Crippen molar-refractivity contribution in [1.29, 1.82) is 0 Å². The van der Waals surface area contributed by atoms with Crippen LogP contribution in [0.4, 0.5) is 4.79 Å². The summed E-state index contributed by atoms with van der Waals surface area (Å²) in [6.45, 7) is 8.29. The number of ether oxygens (including phenoxy) is 1. The molecular weight excluding hydrogens is 270 g/mol. The van der Waals surface area contributed by atoms with Crippen molar-refractivity contribution in [3.05, 3.63) is 23.3 Å². The topological polar surface area (TPSA) is 66.8 Å². The first-order valence-corrected chi connectivity index (χ1v) is 7.22. The van der Waals surface area contributed by atoms with Crippen LogP contribution in [0, 0.1) is 5.41 Å². The average molecular weight is 293 g/mol. The van der Waals surface area contributed by atoms with Gasteiger partial charge in [-0.3, -0.25) is 4.79 Å². The number of carbonyl (C=O) groups is 2. The highest BCUT2D eigenvalue weighted by Crippen LogP contribution is 2.37. The van der Waals surface area contributed by atoms with Crippen LogP contribution in [0.2, 0.25) is 0 Å². The fourth-order valence-corrected chi connectivity index (χ4v) is 2.63. The molecule has 1 heterocycles. The molecule has 0 aromatic heterocycles. The molecule has 0 aromatic rings. The molecular formula is C16H23NO4. The van der Waals surface area contributed by atoms with Crippen LogP contribution in [0.15, 0.2) is 23.3 Å². The molecule has 0 spiro atoms. The van der Waals surface area contributed by atoms with Gasteiger partial charge in [-0.05, 0) is 51.7 Å². The van der Waals surface area contributed by atoms with E-state index in [4.69, 9.17) is 4.74 Å². The number of rotatable bonds is 1. The second-order valence-corrected chi connectivity index (χ2v) is 7.01. The van der Waals surface area contributed by atoms with Crippen LogP contribution < -0.4 is 0 Å². The lowest BCUT2D eigenvalue weighted by Crippen LogP contribution is -2.42. The molecule has 0 saturated heterocycles. The average Bonchev–Trinajstić information content (AvgIpc) is 2.35. The Hall–Kier alpha value is -1.78. The Balaban J connectivity index is 2.10. The van der Waals surface area contributed by atoms with Gasteiger partial charge in [-0.25, -0.2) is 4.79 Å². The monoisotopic (exact) mass is 293 g/mol. The fourth-order valence-electron chi connectivity index (χ4n) is 2.63. The number of aliphatic carboxylic acids is 1. The lowest BCUT2D eigenvalue weighted by Gasteiger charge is -2.36. The molecule has 21 heavy (non-hydrogen) atoms. The molecule has 5 heteroatoms. The molecule has 0 aromatic carbocycles. The van der Waals surface area contributed by atoms with Crippen LogP contribution >= 0.6 is 0 Å². The third-order valence-corrected chi connectivity index (χ3v) is 3.86. The zero-order valence-electron chi connectivity index (χ0n) is 13.1. The van der Waals surface area contributed by atoms with E-state index in [1.165, 1.54) is 0 Å². The van der Waals surface area contributed by atoms with Crippen LogP contribution in [0.3, 0.4) is 0 Å². The first-order chi connectivity index (χ1) is 9.61. The van der Waals surface area contributed by atoms with Gasteiger partial charge in [-0.1, -0.05) is 12.2 Å². The quantitative estimate of drug-likeness (QED) is 0.807. The number of carboxylic acid groups (broad SMARTS) is 1. The third-order valence-electron chi connectivity index (χ3n) is 3.86. The normalized spacial score (nSPS) is 25.6. The van der Waals surface area contributed by atoms with Crippen molar-refractivity contribution >= 4 is 12.1 Å². The van der Waals surface area contributed by atoms with Crippen molar-refractivity contribution in [3.63, 3.8) is 0 Å². The molecule has 0 saturated carbocycles. The predicted molar refractivity (Wildman–Crippen MR) is 78.9 cm³/mol. The van der Waals surface area contributed by atoms with Gasteiger partial charge in [0.1, 0.15) is 5.60 Å². The molecule has 1 aliphatic carbocycles. The van der Waals surface area contributed by atoms with Crippen LogP contribution in [0.1, 0.15) is 40.5 Å². The van der Waals surface area contributed by atoms with Crippen molar-refractivity contribution in [3.8, 4) is 0 Å². The Morgan fingerprint density at radius 2 is 2.05 bits per heavy atom. The van der Waals surface area contributed by atoms with Crippen molar-refractivity contribution in [1.82, 2.24) is 4.90 Å². The number of hydrogen-bond acceptors (Lipinski definition) is 3. The van der Waals surface area contributed by atoms with E-state index >= 15 is 0 Å². The van der Waals surface area contributed by atoms with Crippen LogP contribution in [0.25, 0.3) is 0 Å². The summed E-state index contributed by atoms with van der Waals surface area (Å²) < 4.78 is 5.39. The molecule has 1 atom stereocenters. The van der Waals surface area contributed by atoms with Gasteiger partial charge in [0, 0.05) is 13.1 Å². The highest BCUT2D eigenvalue weighted by atomic mass is 16.6. The zero-order chi connectivity index (χ0) is 15.8. The summed E-state index contributed by atoms with van der Waals surface area (Å²) in [6.07, 6.45) is 4.53. The van der Waals surface area contributed by atoms with E-state index in [0.29, 0.717) is 19.5 Å². The molecule has 116 valence electrons. The Bertz CT molecular complexity index is 527. The van der Waals surface area contributed by atoms with Gasteiger partial charge in [-0.2, -0.15) is 0 Å². The molecule has 0 fully saturated rings. The predicted octanol–water partition coefficient (Wildman–Crippen LogP) is 2.97. The van der Waals surface area contributed by atoms with Gasteiger partial charge in [0.05, 0.1) is 5.41 Å². The summed E-state index contributed by atoms with van der Waals surface area (Å²) in [4.78, 5) is 25.2. The van der Waals surface area contributed by atoms with Gasteiger partial charge in [0.25, 0.3) is 0 Å². The first-order valence-electron chi connectivity index (χ1n) is 7.22. The van der Waals surface area contributed by atoms with Gasteiger partial charge in [0.15, 0.2) is 0 Å². The van der Waals surface area contributed by atoms with E-state index in [1.807, 2.05) is 26.8 Å². The molecule has 1 unspecified atom stereocenters. The van der Waals surface area contributed by atoms with Crippen molar-refractivity contribution < 1.29 is 19.4 Å². The molecule has 1 N–H and O–H groups in total. The lowest BCUT2D eigenvalue weighted by molar-refractivity contribution is -0.145. The maximum atomic E-state index is 12.1. The van der Waals surface area contributed by atoms with E-state index in [1.54, 1.807) is 17.9 Å². The van der Waals surface area contributed by atoms with Crippen molar-refractivity contribution in [2.45, 2.75) is 46.1 Å². The maximum Gasteiger partial charge on any atom is 0.410 e. The van der Waals surface area contributed by atoms with E-state index in [2.05, 4.69) is 0 Å². The second-order valence-electron chi connectivity index (χ2n) is 7.01. The maximum absolute atomic E-state index is 12.1. The number of nitrogens with zero attached hydrogens (tertiary/aromatic N) is 1. The summed E-state index contributed by atoms with van der Waals surface area (Å²) >= 11 is 0. The van der Waals surface area contributed by atoms with Gasteiger partial charge in [-0.15, -0.1) is 0 Å². The second kappa shape index (κ2) is 5.20. The standard InChI is InChI=1S/C16H23NO4/c1-15(2,3)21-14(20)17-8-6-11-5-7-16(4,13(18)19)9-12(11)10-17/h5,7H,6,8-10H2,1-4H3,(H,18,19). The number of carboxylic acids is 1. The minimum atomic E-state index is -0.879. The van der Waals surface area contributed by atoms with Crippen LogP contribution in [0.5, 0.6) is 0 Å². The van der Waals surface area contributed by atoms with E-state index in [0.717, 1.165) is 17.6 Å². The summed E-state index contributed by atoms with van der Waals surface area (Å²) in [6, 6.07) is 0. The molecule has 1 amide bonds. The highest BCUT2D eigenvalue weighted by Gasteiger charge is 2.37. The molecule has 0 bridgehead atoms. The fraction of sp³-hybridized carbons (Fsp3) is 0.625. The minimum absolute atomic E-state index is 0.333. The number of hydrogen-bond donors (Lipinski definition) is 1. The number of amides is 1. The number of allylic oxidation sites excluding steroid dienone is 1. The minimum Gasteiger partial charge on any atom is -0.481 e. The highest BCUT2D eigenvalue weighted by molar-refractivity contribution is 5.78. The molecule has 5 nitrogen and oxygen atoms in total. The largest absolute Gasteiger partial charge is 0.481 e. The molecule has 2 aliphatic rings. The number of carbonyl (C=O) groups excluding carboxylic acids is 1. The van der Waals surface area contributed by atoms with Crippen molar-refractivity contribution in [2.24, 2.45) is 5.41 Å². The molecule has 0 radical (unpaired) electrons. The molecule has 2 rings (SSSR count). The summed E-state index contributed by atoms with van der Waals surface area (Å²) in [5.41, 5.74) is 0.789. The van der Waals surface area contributed by atoms with Gasteiger partial charge >= 0.3 is 12.1 Å². The lowest BCUT2D eigenvalue weighted by atomic mass is 9.76. The summed E-state index contributed by atoms with van der Waals surface area (Å²) in [5.74, 6) is -0.834. The summed E-state index contributed by atoms with van der Waals surface area (Å²) in [5, 5.41) is 9.34. The first kappa shape index (κ1) is 15.6. The van der Waals surface area contributed by atoms with E-state index < -0.39 is 17.0 Å². The SMILES string of the molecule is CC(C)(C)OC(=O)N1CCC2=C(C1)CC(C)(C(=O)O)C=C2. The van der Waals surface area contributed by atoms with Crippen LogP contribution in [-0.2, 0) is 9.53 Å². The van der Waals surface area contributed by atoms with E-state index in [-0.39, 0.29) is 6.09 Å². The Morgan fingerprint density at radius 1 is 1.38 bits per heavy atom. The van der Waals surface area contributed by atoms with Gasteiger partial charge in [0.2, 0.25) is 0 Å². The van der Waals surface area contributed by atoms with Gasteiger partial charge < -0.3 is 14.7 Å². The van der Waals surface area contributed by atoms with Crippen LogP contribution in [-0.4, -0.2) is 40.8 Å². The van der Waals surface area contributed by atoms with Crippen molar-refractivity contribution in [2.75, 3.05) is 13.1 Å². The Morgan fingerprint density at radius 3 is 2.62 bits per heavy atom. The summed E-state index contributed by atoms with van der Waals surface area (Å²) in [7, 11) is 0.